The van der Waals surface area contributed by atoms with E-state index >= 15 is 0 Å². The highest BCUT2D eigenvalue weighted by Crippen LogP contribution is 2.36. The van der Waals surface area contributed by atoms with Crippen LogP contribution in [0.4, 0.5) is 5.95 Å². The van der Waals surface area contributed by atoms with Crippen molar-refractivity contribution < 1.29 is 19.1 Å². The Hall–Kier alpha value is -3.23. The summed E-state index contributed by atoms with van der Waals surface area (Å²) in [5.41, 5.74) is 0.950. The van der Waals surface area contributed by atoms with Gasteiger partial charge in [-0.05, 0) is 35.0 Å². The molecule has 0 saturated heterocycles. The number of allylic oxidation sites excluding steroid dienone is 1. The third kappa shape index (κ3) is 2.49. The number of ketones is 1. The number of fused-ring (bicyclic) bond motifs is 1. The predicted octanol–water partition coefficient (Wildman–Crippen LogP) is 0.713. The normalized spacial score (nSPS) is 16.2. The van der Waals surface area contributed by atoms with Crippen LogP contribution in [0.3, 0.4) is 0 Å². The molecule has 9 heteroatoms. The van der Waals surface area contributed by atoms with Crippen molar-refractivity contribution in [2.75, 3.05) is 19.5 Å². The van der Waals surface area contributed by atoms with Gasteiger partial charge in [0.05, 0.1) is 19.8 Å². The number of aromatic nitrogens is 4. The summed E-state index contributed by atoms with van der Waals surface area (Å²) in [6.45, 7) is 1.38. The molecule has 1 atom stereocenters. The van der Waals surface area contributed by atoms with Crippen LogP contribution in [0, 0.1) is 0 Å². The van der Waals surface area contributed by atoms with Crippen LogP contribution in [0.2, 0.25) is 0 Å². The number of methoxy groups -OCH3 is 2. The molecule has 1 aromatic carbocycles. The molecule has 2 aromatic rings. The van der Waals surface area contributed by atoms with Crippen molar-refractivity contribution >= 4 is 17.7 Å². The van der Waals surface area contributed by atoms with Gasteiger partial charge in [-0.2, -0.15) is 4.68 Å². The molecular formula is C15H15N5O4. The highest BCUT2D eigenvalue weighted by Gasteiger charge is 2.36. The molecule has 9 nitrogen and oxygen atoms in total. The summed E-state index contributed by atoms with van der Waals surface area (Å²) in [5, 5.41) is 14.2. The van der Waals surface area contributed by atoms with E-state index in [0.29, 0.717) is 11.3 Å². The lowest BCUT2D eigenvalue weighted by Crippen LogP contribution is -2.32. The number of carbonyl (C=O) groups is 2. The van der Waals surface area contributed by atoms with Gasteiger partial charge in [0.25, 0.3) is 0 Å². The first-order chi connectivity index (χ1) is 11.6. The van der Waals surface area contributed by atoms with Crippen LogP contribution in [0.25, 0.3) is 0 Å². The number of ether oxygens (including phenoxy) is 2. The second-order valence-corrected chi connectivity index (χ2v) is 5.09. The number of hydrogen-bond donors (Lipinski definition) is 1. The van der Waals surface area contributed by atoms with Crippen molar-refractivity contribution in [1.82, 2.24) is 20.2 Å². The monoisotopic (exact) mass is 329 g/mol. The van der Waals surface area contributed by atoms with E-state index in [-0.39, 0.29) is 23.0 Å². The maximum absolute atomic E-state index is 12.3. The van der Waals surface area contributed by atoms with Crippen molar-refractivity contribution in [3.05, 3.63) is 41.1 Å². The largest absolute Gasteiger partial charge is 0.497 e. The zero-order chi connectivity index (χ0) is 17.3. The Balaban J connectivity index is 2.24. The topological polar surface area (TPSA) is 108 Å². The second kappa shape index (κ2) is 6.11. The molecule has 3 rings (SSSR count). The average molecular weight is 329 g/mol. The number of carbonyl (C=O) groups excluding carboxylic acids is 2. The summed E-state index contributed by atoms with van der Waals surface area (Å²) in [4.78, 5) is 24.4. The van der Waals surface area contributed by atoms with Gasteiger partial charge < -0.3 is 14.8 Å². The fourth-order valence-corrected chi connectivity index (χ4v) is 2.64. The summed E-state index contributed by atoms with van der Waals surface area (Å²) >= 11 is 0. The first kappa shape index (κ1) is 15.7. The van der Waals surface area contributed by atoms with E-state index in [0.717, 1.165) is 0 Å². The van der Waals surface area contributed by atoms with Crippen molar-refractivity contribution in [1.29, 1.82) is 0 Å². The third-order valence-electron chi connectivity index (χ3n) is 3.70. The molecule has 0 bridgehead atoms. The SMILES string of the molecule is COC(=O)C1=C(C(C)=O)[C@H](c2cccc(OC)c2)n2nnnc2N1. The standard InChI is InChI=1S/C15H15N5O4/c1-8(21)11-12(14(22)24-3)16-15-17-18-19-20(15)13(11)9-5-4-6-10(7-9)23-2/h4-7,13H,1-3H3,(H,16,17,19)/t13-/m0/s1. The lowest BCUT2D eigenvalue weighted by atomic mass is 9.92. The highest BCUT2D eigenvalue weighted by atomic mass is 16.5. The molecule has 0 unspecified atom stereocenters. The first-order valence-corrected chi connectivity index (χ1v) is 7.09. The first-order valence-electron chi connectivity index (χ1n) is 7.09. The fraction of sp³-hybridized carbons (Fsp3) is 0.267. The number of Topliss-reactive ketones (excluding diaryl/α,β-unsaturated/α-hetero) is 1. The van der Waals surface area contributed by atoms with E-state index in [1.54, 1.807) is 25.3 Å². The van der Waals surface area contributed by atoms with Crippen molar-refractivity contribution in [3.8, 4) is 5.75 Å². The molecule has 1 aliphatic heterocycles. The summed E-state index contributed by atoms with van der Waals surface area (Å²) in [5.74, 6) is -0.101. The van der Waals surface area contributed by atoms with Crippen LogP contribution in [0.5, 0.6) is 5.75 Å². The minimum absolute atomic E-state index is 0.0279. The zero-order valence-corrected chi connectivity index (χ0v) is 13.3. The van der Waals surface area contributed by atoms with Gasteiger partial charge in [-0.1, -0.05) is 17.2 Å². The molecule has 1 N–H and O–H groups in total. The number of benzene rings is 1. The molecule has 0 amide bonds. The van der Waals surface area contributed by atoms with Crippen LogP contribution in [0.1, 0.15) is 18.5 Å². The minimum Gasteiger partial charge on any atom is -0.497 e. The molecule has 124 valence electrons. The Labute approximate surface area is 137 Å². The Kier molecular flexibility index (Phi) is 3.98. The van der Waals surface area contributed by atoms with Crippen LogP contribution >= 0.6 is 0 Å². The van der Waals surface area contributed by atoms with Crippen LogP contribution in [-0.4, -0.2) is 46.2 Å². The number of hydrogen-bond acceptors (Lipinski definition) is 8. The zero-order valence-electron chi connectivity index (χ0n) is 13.3. The molecule has 1 aromatic heterocycles. The number of anilines is 1. The number of tetrazole rings is 1. The van der Waals surface area contributed by atoms with Crippen molar-refractivity contribution in [2.24, 2.45) is 0 Å². The average Bonchev–Trinajstić information content (AvgIpc) is 3.07. The molecule has 0 aliphatic carbocycles. The summed E-state index contributed by atoms with van der Waals surface area (Å²) in [7, 11) is 2.79. The van der Waals surface area contributed by atoms with E-state index in [4.69, 9.17) is 9.47 Å². The van der Waals surface area contributed by atoms with Gasteiger partial charge in [-0.3, -0.25) is 4.79 Å². The number of nitrogens with one attached hydrogen (secondary N) is 1. The van der Waals surface area contributed by atoms with Gasteiger partial charge in [0.15, 0.2) is 5.78 Å². The summed E-state index contributed by atoms with van der Waals surface area (Å²) in [6.07, 6.45) is 0. The Bertz CT molecular complexity index is 842. The molecule has 0 saturated carbocycles. The Morgan fingerprint density at radius 2 is 2.08 bits per heavy atom. The number of nitrogens with zero attached hydrogens (tertiary/aromatic N) is 4. The summed E-state index contributed by atoms with van der Waals surface area (Å²) in [6, 6.07) is 6.47. The quantitative estimate of drug-likeness (QED) is 0.817. The van der Waals surface area contributed by atoms with E-state index in [2.05, 4.69) is 20.8 Å². The number of esters is 1. The summed E-state index contributed by atoms with van der Waals surface area (Å²) < 4.78 is 11.5. The highest BCUT2D eigenvalue weighted by molar-refractivity contribution is 6.06. The Morgan fingerprint density at radius 3 is 2.75 bits per heavy atom. The van der Waals surface area contributed by atoms with E-state index in [1.165, 1.54) is 18.7 Å². The number of rotatable bonds is 4. The van der Waals surface area contributed by atoms with Gasteiger partial charge in [0.2, 0.25) is 5.95 Å². The molecule has 1 aliphatic rings. The smallest absolute Gasteiger partial charge is 0.355 e. The van der Waals surface area contributed by atoms with Crippen LogP contribution < -0.4 is 10.1 Å². The van der Waals surface area contributed by atoms with E-state index in [9.17, 15) is 9.59 Å². The van der Waals surface area contributed by atoms with Gasteiger partial charge in [0.1, 0.15) is 17.5 Å². The maximum Gasteiger partial charge on any atom is 0.355 e. The van der Waals surface area contributed by atoms with Crippen LogP contribution in [0.15, 0.2) is 35.5 Å². The molecular weight excluding hydrogens is 314 g/mol. The van der Waals surface area contributed by atoms with E-state index < -0.39 is 12.0 Å². The molecule has 0 fully saturated rings. The van der Waals surface area contributed by atoms with E-state index in [1.807, 2.05) is 6.07 Å². The van der Waals surface area contributed by atoms with Gasteiger partial charge >= 0.3 is 5.97 Å². The van der Waals surface area contributed by atoms with Crippen molar-refractivity contribution in [3.63, 3.8) is 0 Å². The van der Waals surface area contributed by atoms with Gasteiger partial charge in [-0.15, -0.1) is 0 Å². The lowest BCUT2D eigenvalue weighted by molar-refractivity contribution is -0.136. The molecule has 0 spiro atoms. The third-order valence-corrected chi connectivity index (χ3v) is 3.70. The van der Waals surface area contributed by atoms with Crippen molar-refractivity contribution in [2.45, 2.75) is 13.0 Å². The Morgan fingerprint density at radius 1 is 1.29 bits per heavy atom. The van der Waals surface area contributed by atoms with Gasteiger partial charge in [-0.25, -0.2) is 4.79 Å². The maximum atomic E-state index is 12.3. The minimum atomic E-state index is -0.669. The predicted molar refractivity (Wildman–Crippen MR) is 82.3 cm³/mol. The van der Waals surface area contributed by atoms with Crippen LogP contribution in [-0.2, 0) is 14.3 Å². The lowest BCUT2D eigenvalue weighted by Gasteiger charge is -2.27. The van der Waals surface area contributed by atoms with Gasteiger partial charge in [0, 0.05) is 0 Å². The molecule has 24 heavy (non-hydrogen) atoms. The molecule has 2 heterocycles. The second-order valence-electron chi connectivity index (χ2n) is 5.09. The fourth-order valence-electron chi connectivity index (χ4n) is 2.64. The molecule has 0 radical (unpaired) electrons.